The Hall–Kier alpha value is -1.96. The maximum absolute atomic E-state index is 13.4. The molecule has 2 amide bonds. The zero-order chi connectivity index (χ0) is 14.5. The molecule has 2 rings (SSSR count). The largest absolute Gasteiger partial charge is 0.337 e. The maximum atomic E-state index is 13.4. The molecular weight excluding hydrogens is 331 g/mol. The summed E-state index contributed by atoms with van der Waals surface area (Å²) in [7, 11) is 0. The summed E-state index contributed by atoms with van der Waals surface area (Å²) in [6.07, 6.45) is 0. The van der Waals surface area contributed by atoms with Crippen molar-refractivity contribution in [1.29, 1.82) is 0 Å². The fourth-order valence-electron chi connectivity index (χ4n) is 1.48. The van der Waals surface area contributed by atoms with E-state index in [0.29, 0.717) is 17.3 Å². The van der Waals surface area contributed by atoms with Gasteiger partial charge in [-0.1, -0.05) is 21.1 Å². The summed E-state index contributed by atoms with van der Waals surface area (Å²) in [5, 5.41) is 8.68. The highest BCUT2D eigenvalue weighted by Crippen LogP contribution is 2.15. The second-order valence-corrected chi connectivity index (χ2v) is 4.92. The molecule has 8 heteroatoms. The van der Waals surface area contributed by atoms with Crippen molar-refractivity contribution in [2.24, 2.45) is 0 Å². The average Bonchev–Trinajstić information content (AvgIpc) is 2.83. The average molecular weight is 343 g/mol. The van der Waals surface area contributed by atoms with Gasteiger partial charge in [-0.2, -0.15) is 4.98 Å². The van der Waals surface area contributed by atoms with Gasteiger partial charge in [0.15, 0.2) is 5.82 Å². The van der Waals surface area contributed by atoms with Crippen molar-refractivity contribution in [3.05, 3.63) is 45.8 Å². The van der Waals surface area contributed by atoms with Crippen molar-refractivity contribution in [2.75, 3.05) is 0 Å². The summed E-state index contributed by atoms with van der Waals surface area (Å²) in [5.74, 6) is 0.436. The molecule has 2 N–H and O–H groups in total. The second-order valence-electron chi connectivity index (χ2n) is 4.01. The van der Waals surface area contributed by atoms with Crippen LogP contribution in [0, 0.1) is 12.7 Å². The first-order valence-electron chi connectivity index (χ1n) is 5.79. The number of aromatic nitrogens is 2. The second kappa shape index (κ2) is 6.47. The molecule has 2 aromatic rings. The van der Waals surface area contributed by atoms with E-state index in [0.717, 1.165) is 4.47 Å². The van der Waals surface area contributed by atoms with Crippen LogP contribution in [0.1, 0.15) is 17.3 Å². The number of aryl methyl sites for hydroxylation is 1. The van der Waals surface area contributed by atoms with Crippen LogP contribution < -0.4 is 10.6 Å². The molecule has 0 fully saturated rings. The quantitative estimate of drug-likeness (QED) is 0.893. The number of rotatable bonds is 4. The molecule has 0 unspecified atom stereocenters. The minimum atomic E-state index is -0.444. The number of hydrogen-bond acceptors (Lipinski definition) is 4. The summed E-state index contributed by atoms with van der Waals surface area (Å²) in [6.45, 7) is 1.89. The van der Waals surface area contributed by atoms with E-state index in [9.17, 15) is 9.18 Å². The van der Waals surface area contributed by atoms with Gasteiger partial charge < -0.3 is 15.2 Å². The van der Waals surface area contributed by atoms with Gasteiger partial charge in [0.1, 0.15) is 5.82 Å². The highest BCUT2D eigenvalue weighted by atomic mass is 79.9. The van der Waals surface area contributed by atoms with E-state index in [2.05, 4.69) is 36.7 Å². The van der Waals surface area contributed by atoms with E-state index in [-0.39, 0.29) is 18.9 Å². The number of nitrogens with one attached hydrogen (secondary N) is 2. The SMILES string of the molecule is Cc1noc(CNC(=O)NCc2cc(Br)ccc2F)n1. The van der Waals surface area contributed by atoms with Crippen LogP contribution in [0.15, 0.2) is 27.2 Å². The molecule has 0 radical (unpaired) electrons. The Balaban J connectivity index is 1.81. The van der Waals surface area contributed by atoms with Gasteiger partial charge in [-0.05, 0) is 25.1 Å². The number of benzene rings is 1. The summed E-state index contributed by atoms with van der Waals surface area (Å²) in [5.41, 5.74) is 0.392. The van der Waals surface area contributed by atoms with Crippen LogP contribution in [0.5, 0.6) is 0 Å². The number of amides is 2. The molecule has 0 saturated heterocycles. The Morgan fingerprint density at radius 3 is 2.85 bits per heavy atom. The number of nitrogens with zero attached hydrogens (tertiary/aromatic N) is 2. The first-order valence-corrected chi connectivity index (χ1v) is 6.58. The third-order valence-corrected chi connectivity index (χ3v) is 2.91. The Morgan fingerprint density at radius 1 is 1.40 bits per heavy atom. The van der Waals surface area contributed by atoms with Crippen molar-refractivity contribution in [1.82, 2.24) is 20.8 Å². The third-order valence-electron chi connectivity index (χ3n) is 2.42. The zero-order valence-corrected chi connectivity index (χ0v) is 12.2. The highest BCUT2D eigenvalue weighted by molar-refractivity contribution is 9.10. The number of halogens is 2. The van der Waals surface area contributed by atoms with E-state index in [4.69, 9.17) is 4.52 Å². The van der Waals surface area contributed by atoms with Crippen LogP contribution in [-0.4, -0.2) is 16.2 Å². The molecule has 0 atom stereocenters. The third kappa shape index (κ3) is 4.02. The van der Waals surface area contributed by atoms with E-state index >= 15 is 0 Å². The molecule has 1 heterocycles. The summed E-state index contributed by atoms with van der Waals surface area (Å²) in [6, 6.07) is 4.09. The van der Waals surface area contributed by atoms with Crippen LogP contribution in [0.25, 0.3) is 0 Å². The van der Waals surface area contributed by atoms with Crippen molar-refractivity contribution in [2.45, 2.75) is 20.0 Å². The smallest absolute Gasteiger partial charge is 0.315 e. The molecule has 1 aromatic heterocycles. The molecule has 0 saturated carbocycles. The predicted octanol–water partition coefficient (Wildman–Crippen LogP) is 2.28. The lowest BCUT2D eigenvalue weighted by Gasteiger charge is -2.07. The van der Waals surface area contributed by atoms with Crippen LogP contribution in [0.4, 0.5) is 9.18 Å². The van der Waals surface area contributed by atoms with Gasteiger partial charge in [0, 0.05) is 16.6 Å². The van der Waals surface area contributed by atoms with Gasteiger partial charge in [-0.3, -0.25) is 0 Å². The first-order chi connectivity index (χ1) is 9.54. The van der Waals surface area contributed by atoms with Crippen LogP contribution in [0.2, 0.25) is 0 Å². The molecule has 0 bridgehead atoms. The standard InChI is InChI=1S/C12H12BrFN4O2/c1-7-17-11(20-18-7)6-16-12(19)15-5-8-4-9(13)2-3-10(8)14/h2-4H,5-6H2,1H3,(H2,15,16,19). The molecule has 1 aromatic carbocycles. The normalized spacial score (nSPS) is 10.3. The number of urea groups is 1. The van der Waals surface area contributed by atoms with Gasteiger partial charge in [-0.15, -0.1) is 0 Å². The van der Waals surface area contributed by atoms with E-state index in [1.165, 1.54) is 6.07 Å². The molecule has 0 aliphatic rings. The van der Waals surface area contributed by atoms with Crippen molar-refractivity contribution < 1.29 is 13.7 Å². The number of hydrogen-bond donors (Lipinski definition) is 2. The monoisotopic (exact) mass is 342 g/mol. The number of carbonyl (C=O) groups is 1. The molecule has 20 heavy (non-hydrogen) atoms. The van der Waals surface area contributed by atoms with Crippen molar-refractivity contribution in [3.63, 3.8) is 0 Å². The van der Waals surface area contributed by atoms with Gasteiger partial charge in [0.05, 0.1) is 6.54 Å². The van der Waals surface area contributed by atoms with Gasteiger partial charge >= 0.3 is 6.03 Å². The molecule has 0 aliphatic carbocycles. The van der Waals surface area contributed by atoms with Gasteiger partial charge in [0.2, 0.25) is 5.89 Å². The van der Waals surface area contributed by atoms with E-state index in [1.807, 2.05) is 0 Å². The topological polar surface area (TPSA) is 80.0 Å². The van der Waals surface area contributed by atoms with Crippen LogP contribution in [0.3, 0.4) is 0 Å². The van der Waals surface area contributed by atoms with E-state index < -0.39 is 6.03 Å². The first kappa shape index (κ1) is 14.4. The lowest BCUT2D eigenvalue weighted by Crippen LogP contribution is -2.34. The zero-order valence-electron chi connectivity index (χ0n) is 10.6. The van der Waals surface area contributed by atoms with Crippen LogP contribution in [-0.2, 0) is 13.1 Å². The lowest BCUT2D eigenvalue weighted by atomic mass is 10.2. The minimum Gasteiger partial charge on any atom is -0.337 e. The summed E-state index contributed by atoms with van der Waals surface area (Å²) < 4.78 is 19.0. The fraction of sp³-hybridized carbons (Fsp3) is 0.250. The van der Waals surface area contributed by atoms with Crippen LogP contribution >= 0.6 is 15.9 Å². The minimum absolute atomic E-state index is 0.0833. The molecule has 6 nitrogen and oxygen atoms in total. The molecule has 0 aliphatic heterocycles. The lowest BCUT2D eigenvalue weighted by molar-refractivity contribution is 0.238. The maximum Gasteiger partial charge on any atom is 0.315 e. The van der Waals surface area contributed by atoms with Crippen molar-refractivity contribution in [3.8, 4) is 0 Å². The summed E-state index contributed by atoms with van der Waals surface area (Å²) >= 11 is 3.24. The Bertz CT molecular complexity index is 617. The fourth-order valence-corrected chi connectivity index (χ4v) is 1.89. The molecular formula is C12H12BrFN4O2. The molecule has 106 valence electrons. The predicted molar refractivity (Wildman–Crippen MR) is 72.2 cm³/mol. The van der Waals surface area contributed by atoms with Gasteiger partial charge in [0.25, 0.3) is 0 Å². The molecule has 0 spiro atoms. The number of carbonyl (C=O) groups excluding carboxylic acids is 1. The van der Waals surface area contributed by atoms with Gasteiger partial charge in [-0.25, -0.2) is 9.18 Å². The Labute approximate surface area is 122 Å². The highest BCUT2D eigenvalue weighted by Gasteiger charge is 2.07. The Kier molecular flexibility index (Phi) is 4.67. The van der Waals surface area contributed by atoms with Crippen molar-refractivity contribution >= 4 is 22.0 Å². The summed E-state index contributed by atoms with van der Waals surface area (Å²) in [4.78, 5) is 15.5. The Morgan fingerprint density at radius 2 is 2.15 bits per heavy atom. The van der Waals surface area contributed by atoms with E-state index in [1.54, 1.807) is 19.1 Å².